The zero-order valence-electron chi connectivity index (χ0n) is 6.04. The fraction of sp³-hybridized carbons (Fsp3) is 0.333. The van der Waals surface area contributed by atoms with Gasteiger partial charge in [-0.15, -0.1) is 0 Å². The molecule has 0 aliphatic carbocycles. The molecule has 0 aromatic carbocycles. The van der Waals surface area contributed by atoms with Gasteiger partial charge in [-0.1, -0.05) is 5.16 Å². The molecule has 0 aliphatic rings. The van der Waals surface area contributed by atoms with Gasteiger partial charge in [0.2, 0.25) is 5.76 Å². The van der Waals surface area contributed by atoms with Crippen molar-refractivity contribution < 1.29 is 23.2 Å². The van der Waals surface area contributed by atoms with Gasteiger partial charge in [0.1, 0.15) is 5.56 Å². The fourth-order valence-corrected chi connectivity index (χ4v) is 0.709. The van der Waals surface area contributed by atoms with Crippen LogP contribution in [0.5, 0.6) is 0 Å². The van der Waals surface area contributed by atoms with Crippen LogP contribution in [0.25, 0.3) is 0 Å². The van der Waals surface area contributed by atoms with Crippen LogP contribution in [0, 0.1) is 0 Å². The van der Waals surface area contributed by atoms with E-state index in [9.17, 15) is 13.6 Å². The molecule has 0 atom stereocenters. The highest BCUT2D eigenvalue weighted by molar-refractivity contribution is 5.88. The van der Waals surface area contributed by atoms with E-state index in [1.54, 1.807) is 0 Å². The first-order chi connectivity index (χ1) is 5.43. The Morgan fingerprint density at radius 3 is 2.67 bits per heavy atom. The number of nitrogens with zero attached hydrogens (tertiary/aromatic N) is 1. The minimum Gasteiger partial charge on any atom is -0.478 e. The highest BCUT2D eigenvalue weighted by Crippen LogP contribution is 2.29. The van der Waals surface area contributed by atoms with Gasteiger partial charge in [0.25, 0.3) is 0 Å². The third-order valence-electron chi connectivity index (χ3n) is 1.20. The third kappa shape index (κ3) is 1.41. The Morgan fingerprint density at radius 1 is 1.75 bits per heavy atom. The summed E-state index contributed by atoms with van der Waals surface area (Å²) in [4.78, 5) is 10.3. The van der Waals surface area contributed by atoms with Gasteiger partial charge in [0, 0.05) is 6.92 Å². The van der Waals surface area contributed by atoms with Crippen LogP contribution in [0.4, 0.5) is 8.78 Å². The summed E-state index contributed by atoms with van der Waals surface area (Å²) in [7, 11) is 0. The molecular formula is C6H5F2NO3. The van der Waals surface area contributed by atoms with E-state index in [-0.39, 0.29) is 0 Å². The Hall–Kier alpha value is -1.46. The summed E-state index contributed by atoms with van der Waals surface area (Å²) in [6.45, 7) is 0.542. The van der Waals surface area contributed by atoms with Crippen molar-refractivity contribution in [3.8, 4) is 0 Å². The van der Waals surface area contributed by atoms with Crippen molar-refractivity contribution in [2.75, 3.05) is 0 Å². The van der Waals surface area contributed by atoms with E-state index in [1.165, 1.54) is 0 Å². The summed E-state index contributed by atoms with van der Waals surface area (Å²) in [6.07, 6.45) is 0.745. The van der Waals surface area contributed by atoms with Crippen molar-refractivity contribution in [1.82, 2.24) is 5.16 Å². The summed E-state index contributed by atoms with van der Waals surface area (Å²) in [6, 6.07) is 0. The zero-order valence-corrected chi connectivity index (χ0v) is 6.04. The minimum absolute atomic E-state index is 0.542. The number of halogens is 2. The van der Waals surface area contributed by atoms with Crippen LogP contribution >= 0.6 is 0 Å². The van der Waals surface area contributed by atoms with Gasteiger partial charge < -0.3 is 9.63 Å². The molecule has 1 aromatic rings. The first kappa shape index (κ1) is 8.63. The number of carboxylic acids is 1. The van der Waals surface area contributed by atoms with Crippen molar-refractivity contribution in [2.24, 2.45) is 0 Å². The number of carboxylic acid groups (broad SMARTS) is 1. The summed E-state index contributed by atoms with van der Waals surface area (Å²) >= 11 is 0. The van der Waals surface area contributed by atoms with Crippen molar-refractivity contribution in [2.45, 2.75) is 12.8 Å². The van der Waals surface area contributed by atoms with Gasteiger partial charge in [-0.05, 0) is 0 Å². The summed E-state index contributed by atoms with van der Waals surface area (Å²) in [5.41, 5.74) is -0.609. The van der Waals surface area contributed by atoms with Gasteiger partial charge in [-0.2, -0.15) is 8.78 Å². The number of hydrogen-bond acceptors (Lipinski definition) is 3. The topological polar surface area (TPSA) is 63.3 Å². The quantitative estimate of drug-likeness (QED) is 0.743. The smallest absolute Gasteiger partial charge is 0.341 e. The van der Waals surface area contributed by atoms with E-state index in [0.29, 0.717) is 6.92 Å². The molecule has 1 rings (SSSR count). The lowest BCUT2D eigenvalue weighted by atomic mass is 10.2. The van der Waals surface area contributed by atoms with E-state index in [2.05, 4.69) is 9.68 Å². The van der Waals surface area contributed by atoms with Crippen LogP contribution in [-0.2, 0) is 5.92 Å². The zero-order chi connectivity index (χ0) is 9.35. The number of carbonyl (C=O) groups is 1. The Kier molecular flexibility index (Phi) is 1.83. The number of rotatable bonds is 2. The molecule has 0 fully saturated rings. The summed E-state index contributed by atoms with van der Waals surface area (Å²) < 4.78 is 29.1. The molecule has 0 bridgehead atoms. The second kappa shape index (κ2) is 2.54. The van der Waals surface area contributed by atoms with Crippen LogP contribution in [0.1, 0.15) is 23.0 Å². The van der Waals surface area contributed by atoms with Gasteiger partial charge in [0.05, 0.1) is 6.20 Å². The Labute approximate surface area is 65.8 Å². The molecule has 12 heavy (non-hydrogen) atoms. The summed E-state index contributed by atoms with van der Waals surface area (Å²) in [5.74, 6) is -5.72. The van der Waals surface area contributed by atoms with Crippen LogP contribution in [0.2, 0.25) is 0 Å². The molecule has 0 radical (unpaired) electrons. The average molecular weight is 177 g/mol. The number of aromatic carboxylic acids is 1. The third-order valence-corrected chi connectivity index (χ3v) is 1.20. The van der Waals surface area contributed by atoms with Crippen molar-refractivity contribution >= 4 is 5.97 Å². The van der Waals surface area contributed by atoms with E-state index in [1.807, 2.05) is 0 Å². The summed E-state index contributed by atoms with van der Waals surface area (Å²) in [5, 5.41) is 11.4. The molecule has 4 nitrogen and oxygen atoms in total. The normalized spacial score (nSPS) is 11.6. The molecule has 66 valence electrons. The standard InChI is InChI=1S/C6H5F2NO3/c1-6(7,8)4-3(5(10)11)2-9-12-4/h2H,1H3,(H,10,11). The SMILES string of the molecule is CC(F)(F)c1oncc1C(=O)O. The lowest BCUT2D eigenvalue weighted by Crippen LogP contribution is -2.11. The van der Waals surface area contributed by atoms with Gasteiger partial charge in [-0.25, -0.2) is 4.79 Å². The van der Waals surface area contributed by atoms with Gasteiger partial charge >= 0.3 is 11.9 Å². The van der Waals surface area contributed by atoms with Gasteiger partial charge in [-0.3, -0.25) is 0 Å². The molecule has 0 saturated heterocycles. The monoisotopic (exact) mass is 177 g/mol. The van der Waals surface area contributed by atoms with Gasteiger partial charge in [0.15, 0.2) is 0 Å². The first-order valence-corrected chi connectivity index (χ1v) is 2.99. The second-order valence-corrected chi connectivity index (χ2v) is 2.26. The Balaban J connectivity index is 3.17. The maximum atomic E-state index is 12.5. The van der Waals surface area contributed by atoms with E-state index in [4.69, 9.17) is 5.11 Å². The molecule has 0 spiro atoms. The molecule has 0 saturated carbocycles. The van der Waals surface area contributed by atoms with Crippen molar-refractivity contribution in [3.63, 3.8) is 0 Å². The predicted octanol–water partition coefficient (Wildman–Crippen LogP) is 1.48. The maximum Gasteiger partial charge on any atom is 0.341 e. The number of alkyl halides is 2. The minimum atomic E-state index is -3.32. The lowest BCUT2D eigenvalue weighted by Gasteiger charge is -2.04. The lowest BCUT2D eigenvalue weighted by molar-refractivity contribution is -0.0121. The maximum absolute atomic E-state index is 12.5. The Morgan fingerprint density at radius 2 is 2.33 bits per heavy atom. The molecule has 1 heterocycles. The Bertz CT molecular complexity index is 302. The van der Waals surface area contributed by atoms with E-state index >= 15 is 0 Å². The predicted molar refractivity (Wildman–Crippen MR) is 33.0 cm³/mol. The largest absolute Gasteiger partial charge is 0.478 e. The van der Waals surface area contributed by atoms with E-state index in [0.717, 1.165) is 6.20 Å². The highest BCUT2D eigenvalue weighted by atomic mass is 19.3. The van der Waals surface area contributed by atoms with Crippen molar-refractivity contribution in [1.29, 1.82) is 0 Å². The first-order valence-electron chi connectivity index (χ1n) is 2.99. The van der Waals surface area contributed by atoms with E-state index < -0.39 is 23.2 Å². The van der Waals surface area contributed by atoms with Crippen LogP contribution in [-0.4, -0.2) is 16.2 Å². The van der Waals surface area contributed by atoms with Crippen LogP contribution < -0.4 is 0 Å². The molecule has 0 aliphatic heterocycles. The second-order valence-electron chi connectivity index (χ2n) is 2.26. The van der Waals surface area contributed by atoms with Crippen LogP contribution in [0.15, 0.2) is 10.7 Å². The molecule has 0 amide bonds. The molecule has 1 N–H and O–H groups in total. The molecule has 6 heteroatoms. The number of aromatic nitrogens is 1. The molecule has 0 unspecified atom stereocenters. The fourth-order valence-electron chi connectivity index (χ4n) is 0.709. The average Bonchev–Trinajstić information content (AvgIpc) is 2.30. The van der Waals surface area contributed by atoms with Crippen molar-refractivity contribution in [3.05, 3.63) is 17.5 Å². The molecule has 1 aromatic heterocycles. The molecular weight excluding hydrogens is 172 g/mol. The highest BCUT2D eigenvalue weighted by Gasteiger charge is 2.35. The number of hydrogen-bond donors (Lipinski definition) is 1. The van der Waals surface area contributed by atoms with Crippen LogP contribution in [0.3, 0.4) is 0 Å².